The number of rotatable bonds is 16. The van der Waals surface area contributed by atoms with E-state index in [4.69, 9.17) is 39.9 Å². The van der Waals surface area contributed by atoms with Crippen LogP contribution in [0.5, 0.6) is 0 Å². The Labute approximate surface area is 627 Å². The number of benzene rings is 10. The minimum Gasteiger partial charge on any atom is -0.255 e. The van der Waals surface area contributed by atoms with Crippen LogP contribution in [0.3, 0.4) is 0 Å². The minimum atomic E-state index is 0.696. The predicted octanol–water partition coefficient (Wildman–Crippen LogP) is 24.0. The zero-order valence-corrected chi connectivity index (χ0v) is 58.6. The highest BCUT2D eigenvalue weighted by molar-refractivity contribution is 5.83. The van der Waals surface area contributed by atoms with Gasteiger partial charge >= 0.3 is 0 Å². The van der Waals surface area contributed by atoms with E-state index in [0.29, 0.717) is 11.6 Å². The van der Waals surface area contributed by atoms with Gasteiger partial charge in [0.2, 0.25) is 0 Å². The minimum absolute atomic E-state index is 0.696. The lowest BCUT2D eigenvalue weighted by Crippen LogP contribution is -1.96. The van der Waals surface area contributed by atoms with Gasteiger partial charge in [0.1, 0.15) is 0 Å². The normalized spacial score (nSPS) is 11.0. The van der Waals surface area contributed by atoms with Crippen molar-refractivity contribution in [3.8, 4) is 180 Å². The molecule has 0 radical (unpaired) electrons. The van der Waals surface area contributed by atoms with E-state index in [1.807, 2.05) is 152 Å². The third-order valence-corrected chi connectivity index (χ3v) is 18.7. The average Bonchev–Trinajstić information content (AvgIpc) is 0.808. The van der Waals surface area contributed by atoms with Crippen LogP contribution in [0.25, 0.3) is 180 Å². The first-order valence-corrected chi connectivity index (χ1v) is 35.8. The first-order valence-electron chi connectivity index (χ1n) is 35.8. The van der Waals surface area contributed by atoms with E-state index >= 15 is 0 Å². The van der Waals surface area contributed by atoms with Gasteiger partial charge < -0.3 is 0 Å². The molecule has 0 spiro atoms. The second-order valence-corrected chi connectivity index (χ2v) is 26.0. The Morgan fingerprint density at radius 1 is 0.111 bits per heavy atom. The van der Waals surface area contributed by atoms with Crippen molar-refractivity contribution in [1.82, 2.24) is 49.8 Å². The van der Waals surface area contributed by atoms with Crippen LogP contribution in [-0.4, -0.2) is 49.8 Å². The maximum atomic E-state index is 5.16. The Hall–Kier alpha value is -14.7. The van der Waals surface area contributed by atoms with Crippen molar-refractivity contribution in [2.24, 2.45) is 0 Å². The van der Waals surface area contributed by atoms with Crippen LogP contribution in [0.2, 0.25) is 0 Å². The molecule has 0 aliphatic heterocycles. The van der Waals surface area contributed by atoms with Crippen molar-refractivity contribution in [1.29, 1.82) is 0 Å². The third kappa shape index (κ3) is 15.2. The van der Waals surface area contributed by atoms with Gasteiger partial charge in [-0.2, -0.15) is 0 Å². The van der Waals surface area contributed by atoms with Crippen molar-refractivity contribution in [2.75, 3.05) is 0 Å². The van der Waals surface area contributed by atoms with E-state index in [-0.39, 0.29) is 0 Å². The van der Waals surface area contributed by atoms with Gasteiger partial charge in [0, 0.05) is 57.5 Å². The molecular weight excluding hydrogens is 1320 g/mol. The lowest BCUT2D eigenvalue weighted by Gasteiger charge is -2.12. The summed E-state index contributed by atoms with van der Waals surface area (Å²) < 4.78 is 0. The predicted molar refractivity (Wildman–Crippen MR) is 438 cm³/mol. The summed E-state index contributed by atoms with van der Waals surface area (Å²) in [5.74, 6) is 1.39. The number of pyridine rings is 6. The van der Waals surface area contributed by atoms with Crippen LogP contribution in [0, 0.1) is 0 Å². The Balaban J connectivity index is 0.000000158. The topological polar surface area (TPSA) is 129 Å². The van der Waals surface area contributed by atoms with Gasteiger partial charge in [-0.25, -0.2) is 34.9 Å². The van der Waals surface area contributed by atoms with E-state index in [1.54, 1.807) is 12.4 Å². The zero-order valence-electron chi connectivity index (χ0n) is 58.6. The molecule has 0 bridgehead atoms. The summed E-state index contributed by atoms with van der Waals surface area (Å²) in [4.78, 5) is 49.3. The number of aromatic nitrogens is 10. The van der Waals surface area contributed by atoms with E-state index in [1.165, 1.54) is 0 Å². The molecule has 10 heteroatoms. The van der Waals surface area contributed by atoms with Crippen LogP contribution in [0.15, 0.2) is 401 Å². The maximum Gasteiger partial charge on any atom is 0.160 e. The Morgan fingerprint density at radius 2 is 0.370 bits per heavy atom. The first-order chi connectivity index (χ1) is 53.5. The second kappa shape index (κ2) is 31.1. The monoisotopic (exact) mass is 1380 g/mol. The molecule has 0 saturated carbocycles. The van der Waals surface area contributed by atoms with Crippen molar-refractivity contribution in [3.63, 3.8) is 0 Å². The van der Waals surface area contributed by atoms with Gasteiger partial charge in [0.05, 0.1) is 74.0 Å². The van der Waals surface area contributed by atoms with Crippen molar-refractivity contribution in [3.05, 3.63) is 401 Å². The molecule has 8 heterocycles. The van der Waals surface area contributed by atoms with Crippen LogP contribution < -0.4 is 0 Å². The number of hydrogen-bond acceptors (Lipinski definition) is 10. The lowest BCUT2D eigenvalue weighted by atomic mass is 9.96. The van der Waals surface area contributed by atoms with Crippen LogP contribution in [0.1, 0.15) is 0 Å². The standard InChI is InChI=1S/2C49H33N5/c1-4-15-34(16-5-1)41-31-47(43-25-10-11-28-50-43)52-48(32-41)44-27-14-26-42(51-44)39-23-12-21-37(29-39)38-22-13-24-40(30-38)46-33-45(35-17-6-2-7-18-35)53-49(54-46)36-19-8-3-9-20-36;1-4-14-34(15-5-1)42-31-47(43-24-10-11-26-50-43)52-48(32-42)46-30-40(25-27-51-46)38-21-12-20-37(28-38)39-22-13-23-41(29-39)45-33-44(35-16-6-2-7-17-35)53-49(54-45)36-18-8-3-9-19-36/h2*1-33H. The molecule has 0 amide bonds. The van der Waals surface area contributed by atoms with Gasteiger partial charge in [0.15, 0.2) is 11.6 Å². The van der Waals surface area contributed by atoms with Crippen molar-refractivity contribution < 1.29 is 0 Å². The van der Waals surface area contributed by atoms with Gasteiger partial charge in [-0.1, -0.05) is 273 Å². The van der Waals surface area contributed by atoms with Gasteiger partial charge in [0.25, 0.3) is 0 Å². The summed E-state index contributed by atoms with van der Waals surface area (Å²) in [5, 5.41) is 0. The molecule has 10 aromatic carbocycles. The highest BCUT2D eigenvalue weighted by atomic mass is 14.9. The summed E-state index contributed by atoms with van der Waals surface area (Å²) in [6.45, 7) is 0. The van der Waals surface area contributed by atoms with Gasteiger partial charge in [-0.05, 0) is 165 Å². The molecule has 18 rings (SSSR count). The van der Waals surface area contributed by atoms with E-state index < -0.39 is 0 Å². The van der Waals surface area contributed by atoms with E-state index in [9.17, 15) is 0 Å². The van der Waals surface area contributed by atoms with E-state index in [2.05, 4.69) is 247 Å². The molecular formula is C98H66N10. The summed E-state index contributed by atoms with van der Waals surface area (Å²) in [7, 11) is 0. The van der Waals surface area contributed by atoms with Gasteiger partial charge in [-0.3, -0.25) is 15.0 Å². The largest absolute Gasteiger partial charge is 0.255 e. The molecule has 508 valence electrons. The molecule has 18 aromatic rings. The summed E-state index contributed by atoms with van der Waals surface area (Å²) in [6, 6.07) is 130. The second-order valence-electron chi connectivity index (χ2n) is 26.0. The first kappa shape index (κ1) is 66.5. The van der Waals surface area contributed by atoms with Crippen molar-refractivity contribution in [2.45, 2.75) is 0 Å². The quantitative estimate of drug-likeness (QED) is 0.0922. The fourth-order valence-electron chi connectivity index (χ4n) is 13.3. The smallest absolute Gasteiger partial charge is 0.160 e. The molecule has 0 fully saturated rings. The molecule has 8 aromatic heterocycles. The number of hydrogen-bond donors (Lipinski definition) is 0. The molecule has 108 heavy (non-hydrogen) atoms. The van der Waals surface area contributed by atoms with Gasteiger partial charge in [-0.15, -0.1) is 0 Å². The average molecular weight is 1380 g/mol. The highest BCUT2D eigenvalue weighted by Gasteiger charge is 2.18. The molecule has 10 nitrogen and oxygen atoms in total. The van der Waals surface area contributed by atoms with E-state index in [0.717, 1.165) is 169 Å². The third-order valence-electron chi connectivity index (χ3n) is 18.7. The Morgan fingerprint density at radius 3 is 0.769 bits per heavy atom. The zero-order chi connectivity index (χ0) is 72.2. The Bertz CT molecular complexity index is 5170. The summed E-state index contributed by atoms with van der Waals surface area (Å²) in [5.41, 5.74) is 28.8. The van der Waals surface area contributed by atoms with Crippen LogP contribution in [-0.2, 0) is 0 Å². The van der Waals surface area contributed by atoms with Crippen LogP contribution in [0.4, 0.5) is 0 Å². The summed E-state index contributed by atoms with van der Waals surface area (Å²) in [6.07, 6.45) is 5.45. The fourth-order valence-corrected chi connectivity index (χ4v) is 13.3. The fraction of sp³-hybridized carbons (Fsp3) is 0. The highest BCUT2D eigenvalue weighted by Crippen LogP contribution is 2.38. The molecule has 0 saturated heterocycles. The molecule has 0 N–H and O–H groups in total. The maximum absolute atomic E-state index is 5.16. The molecule has 0 aliphatic carbocycles. The van der Waals surface area contributed by atoms with Crippen LogP contribution >= 0.6 is 0 Å². The molecule has 0 aliphatic rings. The SMILES string of the molecule is c1ccc(-c2cc(-c3ccccn3)nc(-c3cc(-c4cccc(-c5cccc(-c6cc(-c7ccccc7)nc(-c7ccccc7)n6)c5)c4)ccn3)c2)cc1.c1ccc(-c2cc(-c3ccccn3)nc(-c3cccc(-c4cccc(-c5cccc(-c6cc(-c7ccccc7)nc(-c7ccccc7)n6)c5)c4)n3)c2)cc1. The number of nitrogens with zero attached hydrogens (tertiary/aromatic N) is 10. The lowest BCUT2D eigenvalue weighted by molar-refractivity contribution is 1.18. The van der Waals surface area contributed by atoms with Crippen molar-refractivity contribution >= 4 is 0 Å². The Kier molecular flexibility index (Phi) is 19.1. The summed E-state index contributed by atoms with van der Waals surface area (Å²) >= 11 is 0. The molecule has 0 unspecified atom stereocenters. The molecule has 0 atom stereocenters.